The fraction of sp³-hybridized carbons (Fsp3) is 0.111. The Bertz CT molecular complexity index is 1660. The zero-order chi connectivity index (χ0) is 26.1. The summed E-state index contributed by atoms with van der Waals surface area (Å²) in [7, 11) is -2.65. The number of rotatable bonds is 5. The monoisotopic (exact) mass is 521 g/mol. The Kier molecular flexibility index (Phi) is 6.14. The molecule has 2 nitrogen and oxygen atoms in total. The van der Waals surface area contributed by atoms with Gasteiger partial charge in [-0.3, -0.25) is 0 Å². The van der Waals surface area contributed by atoms with Crippen LogP contribution >= 0.6 is 0 Å². The third kappa shape index (κ3) is 3.93. The van der Waals surface area contributed by atoms with Crippen molar-refractivity contribution >= 4 is 41.1 Å². The van der Waals surface area contributed by atoms with Crippen LogP contribution in [0, 0.1) is 0 Å². The average molecular weight is 522 g/mol. The molecule has 3 aliphatic rings. The van der Waals surface area contributed by atoms with Crippen LogP contribution in [0.15, 0.2) is 145 Å². The fourth-order valence-corrected chi connectivity index (χ4v) is 11.8. The van der Waals surface area contributed by atoms with E-state index in [0.717, 1.165) is 24.6 Å². The van der Waals surface area contributed by atoms with Gasteiger partial charge in [-0.2, -0.15) is 0 Å². The molecule has 3 heteroatoms. The van der Waals surface area contributed by atoms with E-state index in [9.17, 15) is 0 Å². The molecule has 1 aromatic heterocycles. The predicted octanol–water partition coefficient (Wildman–Crippen LogP) is 7.56. The van der Waals surface area contributed by atoms with E-state index in [1.165, 1.54) is 38.2 Å². The van der Waals surface area contributed by atoms with Crippen LogP contribution in [0.4, 0.5) is 0 Å². The van der Waals surface area contributed by atoms with Crippen molar-refractivity contribution in [3.63, 3.8) is 0 Å². The molecule has 0 bridgehead atoms. The van der Waals surface area contributed by atoms with Gasteiger partial charge in [0.1, 0.15) is 0 Å². The first-order valence-corrected chi connectivity index (χ1v) is 15.9. The molecule has 2 heterocycles. The molecule has 0 spiro atoms. The Hall–Kier alpha value is -4.34. The number of allylic oxidation sites excluding steroid dienone is 9. The fourth-order valence-electron chi connectivity index (χ4n) is 6.69. The van der Waals surface area contributed by atoms with Gasteiger partial charge in [-0.05, 0) is 71.1 Å². The van der Waals surface area contributed by atoms with Gasteiger partial charge in [-0.1, -0.05) is 109 Å². The lowest BCUT2D eigenvalue weighted by molar-refractivity contribution is 0.379. The molecule has 0 saturated heterocycles. The Balaban J connectivity index is 1.47. The van der Waals surface area contributed by atoms with Gasteiger partial charge in [0.05, 0.1) is 17.2 Å². The zero-order valence-corrected chi connectivity index (χ0v) is 22.9. The Morgan fingerprint density at radius 2 is 1.49 bits per heavy atom. The first-order valence-electron chi connectivity index (χ1n) is 13.9. The van der Waals surface area contributed by atoms with E-state index in [-0.39, 0.29) is 5.54 Å². The van der Waals surface area contributed by atoms with E-state index in [0.29, 0.717) is 0 Å². The summed E-state index contributed by atoms with van der Waals surface area (Å²) in [6.07, 6.45) is 25.0. The molecule has 3 aromatic carbocycles. The number of nitrogens with zero attached hydrogens (tertiary/aromatic N) is 1. The summed E-state index contributed by atoms with van der Waals surface area (Å²) < 4.78 is 9.03. The number of benzene rings is 3. The summed E-state index contributed by atoms with van der Waals surface area (Å²) in [5.74, 6) is 0. The lowest BCUT2D eigenvalue weighted by Crippen LogP contribution is -2.64. The van der Waals surface area contributed by atoms with Gasteiger partial charge in [0.25, 0.3) is 0 Å². The quantitative estimate of drug-likeness (QED) is 0.247. The van der Waals surface area contributed by atoms with Crippen LogP contribution in [0.5, 0.6) is 0 Å². The second kappa shape index (κ2) is 10.1. The number of hydrogen-bond acceptors (Lipinski definition) is 1. The highest BCUT2D eigenvalue weighted by Gasteiger charge is 2.50. The van der Waals surface area contributed by atoms with Crippen molar-refractivity contribution in [1.29, 1.82) is 0 Å². The molecule has 0 saturated carbocycles. The van der Waals surface area contributed by atoms with Crippen molar-refractivity contribution in [2.45, 2.75) is 24.8 Å². The molecule has 1 unspecified atom stereocenters. The van der Waals surface area contributed by atoms with Crippen LogP contribution in [-0.4, -0.2) is 12.6 Å². The molecule has 0 N–H and O–H groups in total. The number of hydrogen-bond donors (Lipinski definition) is 0. The molecule has 190 valence electrons. The summed E-state index contributed by atoms with van der Waals surface area (Å²) in [4.78, 5) is 0. The predicted molar refractivity (Wildman–Crippen MR) is 166 cm³/mol. The van der Waals surface area contributed by atoms with Gasteiger partial charge in [0.2, 0.25) is 0 Å². The summed E-state index contributed by atoms with van der Waals surface area (Å²) in [6.45, 7) is 0. The molecule has 0 amide bonds. The smallest absolute Gasteiger partial charge is 0.200 e. The van der Waals surface area contributed by atoms with Crippen molar-refractivity contribution in [3.8, 4) is 0 Å². The number of ether oxygens (including phenoxy) is 1. The molecule has 1 aliphatic heterocycles. The average Bonchev–Trinajstić information content (AvgIpc) is 3.12. The number of aromatic nitrogens is 1. The maximum atomic E-state index is 6.53. The molecule has 0 fully saturated rings. The van der Waals surface area contributed by atoms with E-state index in [1.54, 1.807) is 0 Å². The molecule has 0 radical (unpaired) electrons. The minimum atomic E-state index is -2.65. The minimum Gasteiger partial charge on any atom is -0.474 e. The van der Waals surface area contributed by atoms with Gasteiger partial charge in [-0.25, -0.2) is 0 Å². The van der Waals surface area contributed by atoms with Crippen LogP contribution in [-0.2, 0) is 11.2 Å². The molecule has 7 rings (SSSR count). The largest absolute Gasteiger partial charge is 0.474 e. The summed E-state index contributed by atoms with van der Waals surface area (Å²) in [5, 5.41) is 5.17. The van der Waals surface area contributed by atoms with Crippen molar-refractivity contribution in [1.82, 2.24) is 4.57 Å². The number of para-hydroxylation sites is 1. The van der Waals surface area contributed by atoms with Gasteiger partial charge < -0.3 is 9.30 Å². The van der Waals surface area contributed by atoms with Gasteiger partial charge >= 0.3 is 0 Å². The first-order chi connectivity index (χ1) is 19.4. The summed E-state index contributed by atoms with van der Waals surface area (Å²) in [6, 6.07) is 31.1. The van der Waals surface area contributed by atoms with Gasteiger partial charge in [-0.15, -0.1) is 0 Å². The molecule has 4 aromatic rings. The first kappa shape index (κ1) is 23.8. The van der Waals surface area contributed by atoms with E-state index < -0.39 is 8.07 Å². The molecular weight excluding hydrogens is 490 g/mol. The molecule has 2 aliphatic carbocycles. The second-order valence-corrected chi connectivity index (χ2v) is 14.4. The van der Waals surface area contributed by atoms with E-state index in [4.69, 9.17) is 4.74 Å². The summed E-state index contributed by atoms with van der Waals surface area (Å²) >= 11 is 0. The standard InChI is InChI=1S/C36H31NOSi/c1-5-15-28(16-6-1)37-34-22-13-12-21-32(34)33-27-31(24-25-35(33)37)39(29-17-7-2-8-18-29,30-19-9-3-10-20-30)36-23-11-4-14-26-38-36/h1-5,7-15,17-26,31H,6,16,27H2. The lowest BCUT2D eigenvalue weighted by atomic mass is 10.0. The van der Waals surface area contributed by atoms with Crippen LogP contribution < -0.4 is 10.4 Å². The Morgan fingerprint density at radius 3 is 2.23 bits per heavy atom. The van der Waals surface area contributed by atoms with Gasteiger partial charge in [0, 0.05) is 16.8 Å². The highest BCUT2D eigenvalue weighted by atomic mass is 28.3. The third-order valence-electron chi connectivity index (χ3n) is 8.36. The van der Waals surface area contributed by atoms with Crippen LogP contribution in [0.25, 0.3) is 22.7 Å². The second-order valence-electron chi connectivity index (χ2n) is 10.4. The highest BCUT2D eigenvalue weighted by Crippen LogP contribution is 2.43. The Morgan fingerprint density at radius 1 is 0.744 bits per heavy atom. The van der Waals surface area contributed by atoms with Gasteiger partial charge in [0.15, 0.2) is 8.07 Å². The van der Waals surface area contributed by atoms with Crippen molar-refractivity contribution < 1.29 is 4.74 Å². The van der Waals surface area contributed by atoms with E-state index >= 15 is 0 Å². The van der Waals surface area contributed by atoms with E-state index in [2.05, 4.69) is 138 Å². The maximum Gasteiger partial charge on any atom is 0.200 e. The van der Waals surface area contributed by atoms with Crippen LogP contribution in [0.3, 0.4) is 0 Å². The SMILES string of the molecule is C1=CC=C([Si](c2ccccc2)(c2ccccc2)C2C=Cc3c(c4ccccc4n3C3=CC=CCC3)C2)OC=C1. The highest BCUT2D eigenvalue weighted by molar-refractivity contribution is 7.08. The minimum absolute atomic E-state index is 0.278. The normalized spacial score (nSPS) is 18.3. The van der Waals surface area contributed by atoms with Crippen LogP contribution in [0.1, 0.15) is 24.1 Å². The van der Waals surface area contributed by atoms with Crippen molar-refractivity contribution in [3.05, 3.63) is 156 Å². The van der Waals surface area contributed by atoms with Crippen LogP contribution in [0.2, 0.25) is 5.54 Å². The molecular formula is C36H31NOSi. The Labute approximate surface area is 231 Å². The zero-order valence-electron chi connectivity index (χ0n) is 21.9. The third-order valence-corrected chi connectivity index (χ3v) is 13.4. The molecule has 39 heavy (non-hydrogen) atoms. The lowest BCUT2D eigenvalue weighted by Gasteiger charge is -2.40. The topological polar surface area (TPSA) is 14.2 Å². The summed E-state index contributed by atoms with van der Waals surface area (Å²) in [5.41, 5.74) is 5.72. The van der Waals surface area contributed by atoms with Crippen molar-refractivity contribution in [2.75, 3.05) is 0 Å². The number of fused-ring (bicyclic) bond motifs is 3. The molecule has 1 atom stereocenters. The van der Waals surface area contributed by atoms with Crippen molar-refractivity contribution in [2.24, 2.45) is 0 Å². The van der Waals surface area contributed by atoms with E-state index in [1.807, 2.05) is 12.3 Å². The maximum absolute atomic E-state index is 6.53.